The highest BCUT2D eigenvalue weighted by Crippen LogP contribution is 2.29. The summed E-state index contributed by atoms with van der Waals surface area (Å²) in [4.78, 5) is 26.3. The van der Waals surface area contributed by atoms with Crippen LogP contribution in [0.5, 0.6) is 0 Å². The summed E-state index contributed by atoms with van der Waals surface area (Å²) in [6, 6.07) is 12.8. The first-order chi connectivity index (χ1) is 13.0. The Kier molecular flexibility index (Phi) is 5.96. The summed E-state index contributed by atoms with van der Waals surface area (Å²) in [5, 5.41) is 5.78. The molecule has 6 heteroatoms. The van der Waals surface area contributed by atoms with Gasteiger partial charge < -0.3 is 21.3 Å². The number of piperidine rings is 1. The molecule has 0 bridgehead atoms. The molecule has 3 rings (SSSR count). The molecule has 4 N–H and O–H groups in total. The maximum absolute atomic E-state index is 12.5. The summed E-state index contributed by atoms with van der Waals surface area (Å²) >= 11 is 0. The molecule has 0 unspecified atom stereocenters. The molecule has 3 amide bonds. The van der Waals surface area contributed by atoms with Crippen LogP contribution in [-0.2, 0) is 6.54 Å². The lowest BCUT2D eigenvalue weighted by Crippen LogP contribution is -2.32. The van der Waals surface area contributed by atoms with Gasteiger partial charge in [-0.25, -0.2) is 4.79 Å². The number of rotatable bonds is 5. The fourth-order valence-electron chi connectivity index (χ4n) is 3.35. The molecule has 1 aliphatic rings. The van der Waals surface area contributed by atoms with Gasteiger partial charge in [0.2, 0.25) is 5.91 Å². The van der Waals surface area contributed by atoms with Crippen LogP contribution in [0.3, 0.4) is 0 Å². The van der Waals surface area contributed by atoms with Crippen LogP contribution in [0.25, 0.3) is 0 Å². The third-order valence-corrected chi connectivity index (χ3v) is 4.93. The van der Waals surface area contributed by atoms with E-state index in [0.29, 0.717) is 17.8 Å². The summed E-state index contributed by atoms with van der Waals surface area (Å²) in [6.45, 7) is 4.33. The van der Waals surface area contributed by atoms with Crippen molar-refractivity contribution in [1.82, 2.24) is 5.32 Å². The molecule has 6 nitrogen and oxygen atoms in total. The Morgan fingerprint density at radius 1 is 1.07 bits per heavy atom. The first kappa shape index (κ1) is 18.8. The Balaban J connectivity index is 1.74. The third-order valence-electron chi connectivity index (χ3n) is 4.93. The highest BCUT2D eigenvalue weighted by atomic mass is 16.2. The largest absolute Gasteiger partial charge is 0.370 e. The van der Waals surface area contributed by atoms with Gasteiger partial charge in [-0.3, -0.25) is 4.79 Å². The van der Waals surface area contributed by atoms with Crippen molar-refractivity contribution in [3.63, 3.8) is 0 Å². The number of benzene rings is 2. The Morgan fingerprint density at radius 3 is 2.52 bits per heavy atom. The Hall–Kier alpha value is -3.02. The number of urea groups is 1. The predicted octanol–water partition coefficient (Wildman–Crippen LogP) is 3.41. The fourth-order valence-corrected chi connectivity index (χ4v) is 3.35. The second kappa shape index (κ2) is 8.58. The van der Waals surface area contributed by atoms with Crippen LogP contribution in [-0.4, -0.2) is 25.0 Å². The maximum atomic E-state index is 12.5. The van der Waals surface area contributed by atoms with E-state index >= 15 is 0 Å². The normalized spacial score (nSPS) is 13.9. The van der Waals surface area contributed by atoms with Gasteiger partial charge in [0.25, 0.3) is 0 Å². The molecule has 0 atom stereocenters. The molecule has 0 aliphatic carbocycles. The molecule has 2 aromatic rings. The van der Waals surface area contributed by atoms with E-state index in [4.69, 9.17) is 5.73 Å². The summed E-state index contributed by atoms with van der Waals surface area (Å²) < 4.78 is 0. The number of nitrogens with one attached hydrogen (secondary N) is 2. The van der Waals surface area contributed by atoms with E-state index in [2.05, 4.69) is 15.5 Å². The molecular weight excluding hydrogens is 340 g/mol. The van der Waals surface area contributed by atoms with Crippen LogP contribution in [0.4, 0.5) is 16.2 Å². The van der Waals surface area contributed by atoms with Crippen molar-refractivity contribution >= 4 is 23.3 Å². The molecule has 0 aromatic heterocycles. The molecule has 0 saturated carbocycles. The number of primary amides is 1. The van der Waals surface area contributed by atoms with Crippen molar-refractivity contribution in [1.29, 1.82) is 0 Å². The number of nitrogens with two attached hydrogens (primary N) is 1. The van der Waals surface area contributed by atoms with E-state index in [1.807, 2.05) is 37.3 Å². The summed E-state index contributed by atoms with van der Waals surface area (Å²) in [5.41, 5.74) is 9.51. The lowest BCUT2D eigenvalue weighted by molar-refractivity contribution is 0.100. The van der Waals surface area contributed by atoms with E-state index in [1.165, 1.54) is 6.42 Å². The van der Waals surface area contributed by atoms with Crippen LogP contribution in [0, 0.1) is 6.92 Å². The van der Waals surface area contributed by atoms with Gasteiger partial charge in [0.1, 0.15) is 0 Å². The van der Waals surface area contributed by atoms with Gasteiger partial charge in [-0.15, -0.1) is 0 Å². The number of hydrogen-bond acceptors (Lipinski definition) is 3. The first-order valence-corrected chi connectivity index (χ1v) is 9.33. The Bertz CT molecular complexity index is 829. The van der Waals surface area contributed by atoms with E-state index in [1.54, 1.807) is 12.1 Å². The van der Waals surface area contributed by atoms with Gasteiger partial charge >= 0.3 is 6.03 Å². The van der Waals surface area contributed by atoms with Gasteiger partial charge in [-0.1, -0.05) is 24.3 Å². The number of nitrogens with zero attached hydrogens (tertiary/aromatic N) is 1. The number of hydrogen-bond donors (Lipinski definition) is 3. The highest BCUT2D eigenvalue weighted by molar-refractivity contribution is 5.98. The van der Waals surface area contributed by atoms with E-state index in [9.17, 15) is 9.59 Å². The molecular formula is C21H26N4O2. The minimum atomic E-state index is -0.511. The molecule has 1 saturated heterocycles. The van der Waals surface area contributed by atoms with Gasteiger partial charge in [0, 0.05) is 25.2 Å². The number of aryl methyl sites for hydroxylation is 1. The Morgan fingerprint density at radius 2 is 1.81 bits per heavy atom. The third kappa shape index (κ3) is 4.78. The van der Waals surface area contributed by atoms with Gasteiger partial charge in [0.05, 0.1) is 11.4 Å². The number of carbonyl (C=O) groups is 2. The molecule has 0 spiro atoms. The van der Waals surface area contributed by atoms with Crippen LogP contribution in [0.1, 0.15) is 40.7 Å². The van der Waals surface area contributed by atoms with Crippen molar-refractivity contribution in [2.75, 3.05) is 23.3 Å². The number of anilines is 2. The van der Waals surface area contributed by atoms with Crippen molar-refractivity contribution in [2.45, 2.75) is 32.7 Å². The van der Waals surface area contributed by atoms with Crippen LogP contribution in [0.2, 0.25) is 0 Å². The summed E-state index contributed by atoms with van der Waals surface area (Å²) in [6.07, 6.45) is 3.46. The summed E-state index contributed by atoms with van der Waals surface area (Å²) in [5.74, 6) is -0.511. The molecule has 0 radical (unpaired) electrons. The minimum absolute atomic E-state index is 0.307. The van der Waals surface area contributed by atoms with Crippen molar-refractivity contribution in [2.24, 2.45) is 5.73 Å². The molecule has 1 heterocycles. The van der Waals surface area contributed by atoms with Crippen LogP contribution >= 0.6 is 0 Å². The highest BCUT2D eigenvalue weighted by Gasteiger charge is 2.17. The van der Waals surface area contributed by atoms with E-state index < -0.39 is 5.91 Å². The van der Waals surface area contributed by atoms with Crippen molar-refractivity contribution < 1.29 is 9.59 Å². The molecule has 2 aromatic carbocycles. The van der Waals surface area contributed by atoms with E-state index in [0.717, 1.165) is 42.7 Å². The smallest absolute Gasteiger partial charge is 0.319 e. The molecule has 1 fully saturated rings. The lowest BCUT2D eigenvalue weighted by atomic mass is 10.1. The second-order valence-electron chi connectivity index (χ2n) is 6.88. The zero-order chi connectivity index (χ0) is 19.2. The standard InChI is InChI=1S/C21H26N4O2/c1-15-7-3-4-8-17(15)14-23-21(27)24-18-13-16(20(22)26)9-10-19(18)25-11-5-2-6-12-25/h3-4,7-10,13H,2,5-6,11-12,14H2,1H3,(H2,22,26)(H2,23,24,27). The molecule has 142 valence electrons. The predicted molar refractivity (Wildman–Crippen MR) is 108 cm³/mol. The second-order valence-corrected chi connectivity index (χ2v) is 6.88. The van der Waals surface area contributed by atoms with Gasteiger partial charge in [0.15, 0.2) is 0 Å². The molecule has 27 heavy (non-hydrogen) atoms. The van der Waals surface area contributed by atoms with Crippen molar-refractivity contribution in [3.05, 3.63) is 59.2 Å². The number of carbonyl (C=O) groups excluding carboxylic acids is 2. The lowest BCUT2D eigenvalue weighted by Gasteiger charge is -2.30. The molecule has 1 aliphatic heterocycles. The SMILES string of the molecule is Cc1ccccc1CNC(=O)Nc1cc(C(N)=O)ccc1N1CCCCC1. The topological polar surface area (TPSA) is 87.5 Å². The first-order valence-electron chi connectivity index (χ1n) is 9.33. The zero-order valence-electron chi connectivity index (χ0n) is 15.6. The average molecular weight is 366 g/mol. The monoisotopic (exact) mass is 366 g/mol. The van der Waals surface area contributed by atoms with Gasteiger partial charge in [-0.05, 0) is 55.5 Å². The van der Waals surface area contributed by atoms with Crippen LogP contribution in [0.15, 0.2) is 42.5 Å². The maximum Gasteiger partial charge on any atom is 0.319 e. The van der Waals surface area contributed by atoms with Crippen molar-refractivity contribution in [3.8, 4) is 0 Å². The minimum Gasteiger partial charge on any atom is -0.370 e. The fraction of sp³-hybridized carbons (Fsp3) is 0.333. The Labute approximate surface area is 159 Å². The quantitative estimate of drug-likeness (QED) is 0.758. The van der Waals surface area contributed by atoms with Gasteiger partial charge in [-0.2, -0.15) is 0 Å². The number of amides is 3. The average Bonchev–Trinajstić information content (AvgIpc) is 2.68. The van der Waals surface area contributed by atoms with E-state index in [-0.39, 0.29) is 6.03 Å². The van der Waals surface area contributed by atoms with Crippen LogP contribution < -0.4 is 21.3 Å². The zero-order valence-corrected chi connectivity index (χ0v) is 15.6. The summed E-state index contributed by atoms with van der Waals surface area (Å²) in [7, 11) is 0.